The van der Waals surface area contributed by atoms with Gasteiger partial charge in [0, 0.05) is 0 Å². The van der Waals surface area contributed by atoms with Crippen LogP contribution in [0.5, 0.6) is 0 Å². The summed E-state index contributed by atoms with van der Waals surface area (Å²) in [5, 5.41) is 3.64. The third kappa shape index (κ3) is 5.36. The van der Waals surface area contributed by atoms with Gasteiger partial charge in [-0.3, -0.25) is 0 Å². The molecule has 218 valence electrons. The average molecular weight is 607 g/mol. The molecule has 0 saturated heterocycles. The van der Waals surface area contributed by atoms with Gasteiger partial charge in [0.2, 0.25) is 7.38 Å². The van der Waals surface area contributed by atoms with Crippen LogP contribution >= 0.6 is 11.1 Å². The van der Waals surface area contributed by atoms with Crippen molar-refractivity contribution >= 4 is 34.0 Å². The van der Waals surface area contributed by atoms with Gasteiger partial charge < -0.3 is 0 Å². The number of hydrogen-bond donors (Lipinski definition) is 0. The molecule has 6 aromatic carbocycles. The molecule has 0 aliphatic carbocycles. The van der Waals surface area contributed by atoms with E-state index in [4.69, 9.17) is 11.1 Å². The molecule has 0 radical (unpaired) electrons. The van der Waals surface area contributed by atoms with Crippen molar-refractivity contribution < 1.29 is 0 Å². The molecule has 6 aromatic rings. The smallest absolute Gasteiger partial charge is 0.149 e. The Morgan fingerprint density at radius 2 is 0.614 bits per heavy atom. The number of aryl methyl sites for hydroxylation is 3. The van der Waals surface area contributed by atoms with Gasteiger partial charge in [0.25, 0.3) is 0 Å². The molecule has 0 unspecified atom stereocenters. The lowest BCUT2D eigenvalue weighted by molar-refractivity contribution is 1.34. The summed E-state index contributed by atoms with van der Waals surface area (Å²) in [7, 11) is -3.06. The van der Waals surface area contributed by atoms with Crippen LogP contribution in [0.25, 0.3) is 33.4 Å². The summed E-state index contributed by atoms with van der Waals surface area (Å²) in [5.74, 6) is 0. The van der Waals surface area contributed by atoms with Gasteiger partial charge in [0.05, 0.1) is 0 Å². The zero-order valence-corrected chi connectivity index (χ0v) is 28.3. The Balaban J connectivity index is 1.70. The van der Waals surface area contributed by atoms with Gasteiger partial charge in [0.15, 0.2) is 0 Å². The SMILES string of the molecule is Cc1cc([Si](Cl)(c2cc(C)c(C)c(-c3ccccc3)c2)c2cc(C)c(C)c(-c3ccccc3)c2)cc(-c2ccccc2)c1C. The Hall–Kier alpha value is -4.17. The van der Waals surface area contributed by atoms with E-state index < -0.39 is 7.38 Å². The summed E-state index contributed by atoms with van der Waals surface area (Å²) in [6.07, 6.45) is 0. The fourth-order valence-corrected chi connectivity index (χ4v) is 10.7. The first-order valence-corrected chi connectivity index (χ1v) is 18.4. The first-order valence-electron chi connectivity index (χ1n) is 15.4. The maximum atomic E-state index is 8.41. The van der Waals surface area contributed by atoms with E-state index in [0.29, 0.717) is 0 Å². The number of rotatable bonds is 6. The van der Waals surface area contributed by atoms with Crippen LogP contribution in [0.2, 0.25) is 0 Å². The van der Waals surface area contributed by atoms with Crippen molar-refractivity contribution in [3.05, 3.63) is 161 Å². The molecule has 0 nitrogen and oxygen atoms in total. The highest BCUT2D eigenvalue weighted by molar-refractivity contribution is 7.40. The van der Waals surface area contributed by atoms with Gasteiger partial charge in [-0.05, 0) is 124 Å². The van der Waals surface area contributed by atoms with Gasteiger partial charge in [-0.15, -0.1) is 11.1 Å². The highest BCUT2D eigenvalue weighted by Crippen LogP contribution is 2.31. The lowest BCUT2D eigenvalue weighted by Crippen LogP contribution is -2.63. The van der Waals surface area contributed by atoms with Gasteiger partial charge >= 0.3 is 0 Å². The zero-order chi connectivity index (χ0) is 31.0. The molecule has 44 heavy (non-hydrogen) atoms. The molecule has 0 spiro atoms. The predicted molar refractivity (Wildman–Crippen MR) is 195 cm³/mol. The van der Waals surface area contributed by atoms with Crippen LogP contribution in [0.4, 0.5) is 0 Å². The normalized spacial score (nSPS) is 11.5. The summed E-state index contributed by atoms with van der Waals surface area (Å²) in [4.78, 5) is 0. The highest BCUT2D eigenvalue weighted by Gasteiger charge is 2.40. The summed E-state index contributed by atoms with van der Waals surface area (Å²) in [6.45, 7) is 13.4. The lowest BCUT2D eigenvalue weighted by Gasteiger charge is -2.31. The standard InChI is InChI=1S/C42H39ClSi/c1-28-22-37(25-40(31(28)4)34-16-10-7-11-17-34)44(43,38-23-29(2)32(5)41(26-38)35-18-12-8-13-19-35)39-24-30(3)33(6)42(27-39)36-20-14-9-15-21-36/h7-27H,1-6H3. The molecule has 0 amide bonds. The van der Waals surface area contributed by atoms with Crippen molar-refractivity contribution in [2.45, 2.75) is 41.5 Å². The summed E-state index contributed by atoms with van der Waals surface area (Å²) in [5.41, 5.74) is 15.1. The van der Waals surface area contributed by atoms with Crippen LogP contribution in [-0.4, -0.2) is 7.38 Å². The summed E-state index contributed by atoms with van der Waals surface area (Å²) >= 11 is 8.41. The van der Waals surface area contributed by atoms with Gasteiger partial charge in [-0.25, -0.2) is 0 Å². The van der Waals surface area contributed by atoms with E-state index in [1.54, 1.807) is 0 Å². The van der Waals surface area contributed by atoms with Crippen LogP contribution in [0.3, 0.4) is 0 Å². The molecule has 0 fully saturated rings. The van der Waals surface area contributed by atoms with Gasteiger partial charge in [-0.1, -0.05) is 127 Å². The van der Waals surface area contributed by atoms with E-state index in [9.17, 15) is 0 Å². The molecule has 0 aliphatic rings. The fourth-order valence-electron chi connectivity index (χ4n) is 6.43. The first-order chi connectivity index (χ1) is 21.2. The third-order valence-electron chi connectivity index (χ3n) is 9.45. The lowest BCUT2D eigenvalue weighted by atomic mass is 9.97. The van der Waals surface area contributed by atoms with Crippen molar-refractivity contribution in [3.63, 3.8) is 0 Å². The van der Waals surface area contributed by atoms with E-state index in [1.807, 2.05) is 0 Å². The molecule has 0 saturated carbocycles. The molecule has 0 N–H and O–H groups in total. The van der Waals surface area contributed by atoms with Crippen molar-refractivity contribution in [2.24, 2.45) is 0 Å². The summed E-state index contributed by atoms with van der Waals surface area (Å²) < 4.78 is 0. The minimum atomic E-state index is -3.06. The second-order valence-electron chi connectivity index (χ2n) is 12.2. The van der Waals surface area contributed by atoms with Crippen molar-refractivity contribution in [3.8, 4) is 33.4 Å². The maximum absolute atomic E-state index is 8.41. The van der Waals surface area contributed by atoms with Gasteiger partial charge in [-0.2, -0.15) is 0 Å². The molecule has 2 heteroatoms. The molecule has 0 heterocycles. The average Bonchev–Trinajstić information content (AvgIpc) is 3.05. The monoisotopic (exact) mass is 606 g/mol. The molecular formula is C42H39ClSi. The van der Waals surface area contributed by atoms with Gasteiger partial charge in [0.1, 0.15) is 0 Å². The fraction of sp³-hybridized carbons (Fsp3) is 0.143. The Morgan fingerprint density at radius 1 is 0.364 bits per heavy atom. The Bertz CT molecular complexity index is 1730. The van der Waals surface area contributed by atoms with E-state index in [0.717, 1.165) is 0 Å². The molecule has 0 aliphatic heterocycles. The Kier molecular flexibility index (Phi) is 8.20. The van der Waals surface area contributed by atoms with Crippen LogP contribution in [0.1, 0.15) is 33.4 Å². The second-order valence-corrected chi connectivity index (χ2v) is 16.9. The molecule has 0 bridgehead atoms. The number of halogens is 1. The molecule has 0 atom stereocenters. The van der Waals surface area contributed by atoms with E-state index in [1.165, 1.54) is 82.3 Å². The quantitative estimate of drug-likeness (QED) is 0.101. The predicted octanol–water partition coefficient (Wildman–Crippen LogP) is 9.74. The minimum absolute atomic E-state index is 1.21. The molecular weight excluding hydrogens is 568 g/mol. The van der Waals surface area contributed by atoms with Crippen molar-refractivity contribution in [1.29, 1.82) is 0 Å². The van der Waals surface area contributed by atoms with Crippen LogP contribution < -0.4 is 15.6 Å². The number of hydrogen-bond acceptors (Lipinski definition) is 0. The summed E-state index contributed by atoms with van der Waals surface area (Å²) in [6, 6.07) is 46.4. The molecule has 6 rings (SSSR count). The first kappa shape index (κ1) is 29.9. The van der Waals surface area contributed by atoms with Crippen molar-refractivity contribution in [1.82, 2.24) is 0 Å². The van der Waals surface area contributed by atoms with Crippen LogP contribution in [0, 0.1) is 41.5 Å². The third-order valence-corrected chi connectivity index (χ3v) is 14.7. The second kappa shape index (κ2) is 12.1. The largest absolute Gasteiger partial charge is 0.248 e. The van der Waals surface area contributed by atoms with E-state index >= 15 is 0 Å². The Labute approximate surface area is 268 Å². The van der Waals surface area contributed by atoms with E-state index in [2.05, 4.69) is 169 Å². The van der Waals surface area contributed by atoms with E-state index in [-0.39, 0.29) is 0 Å². The number of benzene rings is 6. The maximum Gasteiger partial charge on any atom is 0.248 e. The van der Waals surface area contributed by atoms with Crippen molar-refractivity contribution in [2.75, 3.05) is 0 Å². The minimum Gasteiger partial charge on any atom is -0.149 e. The Morgan fingerprint density at radius 3 is 0.864 bits per heavy atom. The molecule has 0 aromatic heterocycles. The van der Waals surface area contributed by atoms with Crippen LogP contribution in [-0.2, 0) is 0 Å². The topological polar surface area (TPSA) is 0 Å². The highest BCUT2D eigenvalue weighted by atomic mass is 35.6. The zero-order valence-electron chi connectivity index (χ0n) is 26.5. The van der Waals surface area contributed by atoms with Crippen LogP contribution in [0.15, 0.2) is 127 Å².